The molecule has 102 valence electrons. The van der Waals surface area contributed by atoms with Crippen molar-refractivity contribution in [2.24, 2.45) is 0 Å². The van der Waals surface area contributed by atoms with Gasteiger partial charge in [0.2, 0.25) is 5.91 Å². The first-order chi connectivity index (χ1) is 9.72. The maximum absolute atomic E-state index is 12.6. The van der Waals surface area contributed by atoms with E-state index in [0.717, 1.165) is 5.56 Å². The Kier molecular flexibility index (Phi) is 3.10. The number of fused-ring (bicyclic) bond motifs is 1. The summed E-state index contributed by atoms with van der Waals surface area (Å²) in [5.41, 5.74) is 1.41. The number of hydrogen-bond donors (Lipinski definition) is 1. The summed E-state index contributed by atoms with van der Waals surface area (Å²) in [5.74, 6) is 0.241. The van der Waals surface area contributed by atoms with Crippen LogP contribution in [0.5, 0.6) is 0 Å². The standard InChI is InChI=1S/C15H15N3O2/c1-2-12(14-16-7-8-17-14)18-13(19)9-10-5-3-4-6-11(10)15(18)20/h3-8,12H,2,9H2,1H3,(H,16,17). The Labute approximate surface area is 116 Å². The van der Waals surface area contributed by atoms with Crippen LogP contribution in [0.3, 0.4) is 0 Å². The van der Waals surface area contributed by atoms with Gasteiger partial charge in [-0.1, -0.05) is 25.1 Å². The van der Waals surface area contributed by atoms with Crippen LogP contribution in [-0.4, -0.2) is 26.7 Å². The second kappa shape index (κ2) is 4.92. The Morgan fingerprint density at radius 3 is 2.85 bits per heavy atom. The zero-order valence-corrected chi connectivity index (χ0v) is 11.2. The third-order valence-electron chi connectivity index (χ3n) is 3.61. The molecule has 2 aromatic rings. The van der Waals surface area contributed by atoms with Gasteiger partial charge in [0.15, 0.2) is 0 Å². The Bertz CT molecular complexity index is 649. The molecule has 1 unspecified atom stereocenters. The topological polar surface area (TPSA) is 66.1 Å². The van der Waals surface area contributed by atoms with Crippen LogP contribution in [0.4, 0.5) is 0 Å². The number of hydrogen-bond acceptors (Lipinski definition) is 3. The molecule has 1 aliphatic heterocycles. The van der Waals surface area contributed by atoms with Gasteiger partial charge in [-0.25, -0.2) is 4.98 Å². The van der Waals surface area contributed by atoms with E-state index in [2.05, 4.69) is 9.97 Å². The van der Waals surface area contributed by atoms with Gasteiger partial charge < -0.3 is 4.98 Å². The number of aromatic nitrogens is 2. The quantitative estimate of drug-likeness (QED) is 0.868. The highest BCUT2D eigenvalue weighted by atomic mass is 16.2. The van der Waals surface area contributed by atoms with E-state index in [4.69, 9.17) is 0 Å². The normalized spacial score (nSPS) is 16.1. The molecule has 1 N–H and O–H groups in total. The number of H-pyrrole nitrogens is 1. The molecule has 1 atom stereocenters. The van der Waals surface area contributed by atoms with E-state index in [1.807, 2.05) is 25.1 Å². The van der Waals surface area contributed by atoms with E-state index < -0.39 is 0 Å². The van der Waals surface area contributed by atoms with Crippen LogP contribution in [0.25, 0.3) is 0 Å². The summed E-state index contributed by atoms with van der Waals surface area (Å²) in [6.45, 7) is 1.94. The molecule has 0 radical (unpaired) electrons. The number of amides is 2. The van der Waals surface area contributed by atoms with Gasteiger partial charge in [0.05, 0.1) is 12.5 Å². The van der Waals surface area contributed by atoms with Gasteiger partial charge in [0.1, 0.15) is 5.82 Å². The summed E-state index contributed by atoms with van der Waals surface area (Å²) in [4.78, 5) is 33.4. The number of carbonyl (C=O) groups is 2. The minimum absolute atomic E-state index is 0.169. The fourth-order valence-electron chi connectivity index (χ4n) is 2.65. The number of nitrogens with zero attached hydrogens (tertiary/aromatic N) is 2. The molecule has 5 nitrogen and oxygen atoms in total. The minimum Gasteiger partial charge on any atom is -0.347 e. The number of benzene rings is 1. The van der Waals surface area contributed by atoms with E-state index in [1.54, 1.807) is 18.5 Å². The maximum atomic E-state index is 12.6. The van der Waals surface area contributed by atoms with E-state index in [9.17, 15) is 9.59 Å². The van der Waals surface area contributed by atoms with Crippen molar-refractivity contribution >= 4 is 11.8 Å². The molecule has 5 heteroatoms. The molecule has 0 fully saturated rings. The fourth-order valence-corrected chi connectivity index (χ4v) is 2.65. The summed E-state index contributed by atoms with van der Waals surface area (Å²) < 4.78 is 0. The molecular weight excluding hydrogens is 254 g/mol. The molecule has 0 saturated carbocycles. The van der Waals surface area contributed by atoms with Crippen molar-refractivity contribution in [1.82, 2.24) is 14.9 Å². The number of rotatable bonds is 3. The average Bonchev–Trinajstić information content (AvgIpc) is 2.97. The van der Waals surface area contributed by atoms with Crippen LogP contribution in [0.15, 0.2) is 36.7 Å². The summed E-state index contributed by atoms with van der Waals surface area (Å²) in [6, 6.07) is 6.93. The largest absolute Gasteiger partial charge is 0.347 e. The average molecular weight is 269 g/mol. The molecule has 0 spiro atoms. The molecule has 1 aromatic heterocycles. The lowest BCUT2D eigenvalue weighted by molar-refractivity contribution is -0.130. The monoisotopic (exact) mass is 269 g/mol. The highest BCUT2D eigenvalue weighted by Gasteiger charge is 2.36. The van der Waals surface area contributed by atoms with Crippen LogP contribution < -0.4 is 0 Å². The third kappa shape index (κ3) is 1.91. The zero-order chi connectivity index (χ0) is 14.1. The van der Waals surface area contributed by atoms with Crippen LogP contribution in [0, 0.1) is 0 Å². The van der Waals surface area contributed by atoms with E-state index >= 15 is 0 Å². The van der Waals surface area contributed by atoms with E-state index in [-0.39, 0.29) is 24.3 Å². The highest BCUT2D eigenvalue weighted by Crippen LogP contribution is 2.29. The van der Waals surface area contributed by atoms with Crippen molar-refractivity contribution in [3.63, 3.8) is 0 Å². The molecule has 1 aliphatic rings. The van der Waals surface area contributed by atoms with Gasteiger partial charge in [-0.2, -0.15) is 0 Å². The molecule has 0 saturated heterocycles. The highest BCUT2D eigenvalue weighted by molar-refractivity contribution is 6.09. The Balaban J connectivity index is 2.02. The van der Waals surface area contributed by atoms with Crippen LogP contribution in [-0.2, 0) is 11.2 Å². The molecule has 2 amide bonds. The smallest absolute Gasteiger partial charge is 0.261 e. The van der Waals surface area contributed by atoms with Gasteiger partial charge in [-0.3, -0.25) is 14.5 Å². The zero-order valence-electron chi connectivity index (χ0n) is 11.2. The summed E-state index contributed by atoms with van der Waals surface area (Å²) in [7, 11) is 0. The Morgan fingerprint density at radius 2 is 2.15 bits per heavy atom. The van der Waals surface area contributed by atoms with Crippen LogP contribution >= 0.6 is 0 Å². The van der Waals surface area contributed by atoms with Crippen molar-refractivity contribution in [3.05, 3.63) is 53.6 Å². The van der Waals surface area contributed by atoms with Gasteiger partial charge in [-0.05, 0) is 18.1 Å². The lowest BCUT2D eigenvalue weighted by atomic mass is 9.96. The molecule has 20 heavy (non-hydrogen) atoms. The van der Waals surface area contributed by atoms with Crippen molar-refractivity contribution < 1.29 is 9.59 Å². The predicted molar refractivity (Wildman–Crippen MR) is 72.9 cm³/mol. The number of imide groups is 1. The molecule has 0 bridgehead atoms. The van der Waals surface area contributed by atoms with Gasteiger partial charge in [0.25, 0.3) is 5.91 Å². The third-order valence-corrected chi connectivity index (χ3v) is 3.61. The summed E-state index contributed by atoms with van der Waals surface area (Å²) in [6.07, 6.45) is 4.22. The van der Waals surface area contributed by atoms with Crippen molar-refractivity contribution in [2.75, 3.05) is 0 Å². The molecule has 1 aromatic carbocycles. The number of carbonyl (C=O) groups excluding carboxylic acids is 2. The van der Waals surface area contributed by atoms with Crippen molar-refractivity contribution in [3.8, 4) is 0 Å². The minimum atomic E-state index is -0.335. The van der Waals surface area contributed by atoms with E-state index in [0.29, 0.717) is 17.8 Å². The molecule has 0 aliphatic carbocycles. The number of imidazole rings is 1. The Morgan fingerprint density at radius 1 is 1.35 bits per heavy atom. The van der Waals surface area contributed by atoms with Gasteiger partial charge in [0, 0.05) is 18.0 Å². The maximum Gasteiger partial charge on any atom is 0.261 e. The summed E-state index contributed by atoms with van der Waals surface area (Å²) >= 11 is 0. The number of aromatic amines is 1. The van der Waals surface area contributed by atoms with Crippen LogP contribution in [0.2, 0.25) is 0 Å². The molecular formula is C15H15N3O2. The number of nitrogens with one attached hydrogen (secondary N) is 1. The second-order valence-electron chi connectivity index (χ2n) is 4.80. The van der Waals surface area contributed by atoms with Gasteiger partial charge >= 0.3 is 0 Å². The Hall–Kier alpha value is -2.43. The first-order valence-electron chi connectivity index (χ1n) is 6.66. The molecule has 2 heterocycles. The van der Waals surface area contributed by atoms with Crippen molar-refractivity contribution in [1.29, 1.82) is 0 Å². The second-order valence-corrected chi connectivity index (χ2v) is 4.80. The predicted octanol–water partition coefficient (Wildman–Crippen LogP) is 2.09. The lowest BCUT2D eigenvalue weighted by Gasteiger charge is -2.32. The van der Waals surface area contributed by atoms with Gasteiger partial charge in [-0.15, -0.1) is 0 Å². The lowest BCUT2D eigenvalue weighted by Crippen LogP contribution is -2.44. The van der Waals surface area contributed by atoms with E-state index in [1.165, 1.54) is 4.90 Å². The van der Waals surface area contributed by atoms with Crippen molar-refractivity contribution in [2.45, 2.75) is 25.8 Å². The van der Waals surface area contributed by atoms with Crippen LogP contribution in [0.1, 0.15) is 41.1 Å². The summed E-state index contributed by atoms with van der Waals surface area (Å²) in [5, 5.41) is 0. The first kappa shape index (κ1) is 12.6. The molecule has 3 rings (SSSR count). The SMILES string of the molecule is CCC(c1ncc[nH]1)N1C(=O)Cc2ccccc2C1=O. The first-order valence-corrected chi connectivity index (χ1v) is 6.66. The fraction of sp³-hybridized carbons (Fsp3) is 0.267.